The van der Waals surface area contributed by atoms with E-state index in [-0.39, 0.29) is 16.7 Å². The van der Waals surface area contributed by atoms with Gasteiger partial charge in [0.05, 0.1) is 19.2 Å². The number of aromatic nitrogens is 2. The maximum absolute atomic E-state index is 14.8. The molecule has 4 nitrogen and oxygen atoms in total. The van der Waals surface area contributed by atoms with E-state index in [0.717, 1.165) is 5.56 Å². The van der Waals surface area contributed by atoms with Crippen LogP contribution in [0.3, 0.4) is 0 Å². The number of halogens is 2. The first-order chi connectivity index (χ1) is 11.5. The number of benzene rings is 2. The van der Waals surface area contributed by atoms with E-state index < -0.39 is 11.4 Å². The third-order valence-electron chi connectivity index (χ3n) is 3.75. The molecule has 6 heteroatoms. The molecule has 122 valence electrons. The van der Waals surface area contributed by atoms with Crippen molar-refractivity contribution in [2.45, 2.75) is 6.54 Å². The second kappa shape index (κ2) is 6.57. The fraction of sp³-hybridized carbons (Fsp3) is 0.111. The van der Waals surface area contributed by atoms with Crippen LogP contribution in [0.5, 0.6) is 5.75 Å². The second-order valence-corrected chi connectivity index (χ2v) is 5.93. The molecule has 2 aromatic carbocycles. The van der Waals surface area contributed by atoms with E-state index in [1.807, 2.05) is 12.1 Å². The number of ether oxygens (including phenoxy) is 1. The third kappa shape index (κ3) is 2.85. The van der Waals surface area contributed by atoms with Crippen LogP contribution < -0.4 is 10.3 Å². The molecule has 3 aromatic rings. The van der Waals surface area contributed by atoms with E-state index in [4.69, 9.17) is 4.74 Å². The van der Waals surface area contributed by atoms with Gasteiger partial charge in [-0.2, -0.15) is 0 Å². The molecule has 0 spiro atoms. The van der Waals surface area contributed by atoms with E-state index in [2.05, 4.69) is 27.5 Å². The summed E-state index contributed by atoms with van der Waals surface area (Å²) in [6.07, 6.45) is 1.42. The normalized spacial score (nSPS) is 10.8. The van der Waals surface area contributed by atoms with E-state index in [1.165, 1.54) is 10.6 Å². The number of fused-ring (bicyclic) bond motifs is 1. The fourth-order valence-corrected chi connectivity index (χ4v) is 2.91. The van der Waals surface area contributed by atoms with Crippen LogP contribution in [0.1, 0.15) is 11.1 Å². The predicted octanol–water partition coefficient (Wildman–Crippen LogP) is 4.00. The van der Waals surface area contributed by atoms with Crippen molar-refractivity contribution in [1.29, 1.82) is 0 Å². The molecular formula is C18H14BrFN2O2. The molecule has 0 fully saturated rings. The van der Waals surface area contributed by atoms with Gasteiger partial charge in [0.1, 0.15) is 11.3 Å². The summed E-state index contributed by atoms with van der Waals surface area (Å²) in [5.41, 5.74) is 1.35. The molecule has 0 radical (unpaired) electrons. The van der Waals surface area contributed by atoms with Crippen molar-refractivity contribution in [3.63, 3.8) is 0 Å². The van der Waals surface area contributed by atoms with Crippen LogP contribution in [-0.4, -0.2) is 16.7 Å². The highest BCUT2D eigenvalue weighted by molar-refractivity contribution is 9.10. The van der Waals surface area contributed by atoms with Gasteiger partial charge in [-0.25, -0.2) is 9.37 Å². The minimum absolute atomic E-state index is 0.147. The van der Waals surface area contributed by atoms with Crippen LogP contribution in [0.15, 0.2) is 52.4 Å². The topological polar surface area (TPSA) is 44.1 Å². The molecule has 0 bridgehead atoms. The third-order valence-corrected chi connectivity index (χ3v) is 4.27. The Kier molecular flexibility index (Phi) is 4.49. The zero-order valence-electron chi connectivity index (χ0n) is 12.9. The standard InChI is InChI=1S/C18H14BrFN2O2/c1-3-12-6-9-14-16(15(12)20)22(18(23)17(19)21-14)10-11-4-7-13(24-2)8-5-11/h3-9H,1,10H2,2H3. The van der Waals surface area contributed by atoms with E-state index in [9.17, 15) is 9.18 Å². The van der Waals surface area contributed by atoms with Crippen LogP contribution in [0.25, 0.3) is 17.1 Å². The van der Waals surface area contributed by atoms with Gasteiger partial charge < -0.3 is 4.74 Å². The van der Waals surface area contributed by atoms with E-state index in [1.54, 1.807) is 31.4 Å². The van der Waals surface area contributed by atoms with Crippen LogP contribution in [0.2, 0.25) is 0 Å². The molecule has 0 aliphatic rings. The summed E-state index contributed by atoms with van der Waals surface area (Å²) in [6.45, 7) is 3.82. The van der Waals surface area contributed by atoms with Crippen LogP contribution in [-0.2, 0) is 6.54 Å². The number of hydrogen-bond donors (Lipinski definition) is 0. The average Bonchev–Trinajstić information content (AvgIpc) is 2.60. The van der Waals surface area contributed by atoms with Crippen molar-refractivity contribution in [2.24, 2.45) is 0 Å². The van der Waals surface area contributed by atoms with Gasteiger partial charge >= 0.3 is 0 Å². The highest BCUT2D eigenvalue weighted by Gasteiger charge is 2.15. The molecule has 3 rings (SSSR count). The first-order valence-corrected chi connectivity index (χ1v) is 7.98. The SMILES string of the molecule is C=Cc1ccc2nc(Br)c(=O)n(Cc3ccc(OC)cc3)c2c1F. The molecule has 0 saturated carbocycles. The summed E-state index contributed by atoms with van der Waals surface area (Å²) < 4.78 is 21.4. The van der Waals surface area contributed by atoms with Crippen LogP contribution >= 0.6 is 15.9 Å². The summed E-state index contributed by atoms with van der Waals surface area (Å²) in [5.74, 6) is 0.208. The summed E-state index contributed by atoms with van der Waals surface area (Å²) in [7, 11) is 1.58. The molecule has 0 aliphatic heterocycles. The van der Waals surface area contributed by atoms with Crippen molar-refractivity contribution < 1.29 is 9.13 Å². The van der Waals surface area contributed by atoms with Gasteiger partial charge in [-0.3, -0.25) is 9.36 Å². The molecule has 0 aliphatic carbocycles. The highest BCUT2D eigenvalue weighted by Crippen LogP contribution is 2.22. The van der Waals surface area contributed by atoms with E-state index in [0.29, 0.717) is 16.8 Å². The Hall–Kier alpha value is -2.47. The maximum Gasteiger partial charge on any atom is 0.284 e. The lowest BCUT2D eigenvalue weighted by Gasteiger charge is -2.13. The molecule has 0 saturated heterocycles. The minimum atomic E-state index is -0.506. The first-order valence-electron chi connectivity index (χ1n) is 7.19. The van der Waals surface area contributed by atoms with Crippen molar-refractivity contribution in [3.05, 3.63) is 74.9 Å². The lowest BCUT2D eigenvalue weighted by molar-refractivity contribution is 0.414. The van der Waals surface area contributed by atoms with Gasteiger partial charge in [0.15, 0.2) is 10.4 Å². The summed E-state index contributed by atoms with van der Waals surface area (Å²) in [5, 5.41) is 0. The molecule has 0 unspecified atom stereocenters. The fourth-order valence-electron chi connectivity index (χ4n) is 2.51. The predicted molar refractivity (Wildman–Crippen MR) is 95.8 cm³/mol. The van der Waals surface area contributed by atoms with Gasteiger partial charge in [-0.15, -0.1) is 0 Å². The minimum Gasteiger partial charge on any atom is -0.497 e. The molecule has 1 aromatic heterocycles. The van der Waals surface area contributed by atoms with Crippen molar-refractivity contribution >= 4 is 33.0 Å². The Bertz CT molecular complexity index is 981. The van der Waals surface area contributed by atoms with Gasteiger partial charge in [0, 0.05) is 5.56 Å². The number of hydrogen-bond acceptors (Lipinski definition) is 3. The average molecular weight is 389 g/mol. The molecule has 0 amide bonds. The Labute approximate surface area is 146 Å². The lowest BCUT2D eigenvalue weighted by Crippen LogP contribution is -2.24. The Balaban J connectivity index is 2.22. The summed E-state index contributed by atoms with van der Waals surface area (Å²) >= 11 is 3.16. The van der Waals surface area contributed by atoms with E-state index >= 15 is 0 Å². The Morgan fingerprint density at radius 1 is 1.29 bits per heavy atom. The molecule has 0 atom stereocenters. The zero-order chi connectivity index (χ0) is 17.3. The smallest absolute Gasteiger partial charge is 0.284 e. The molecular weight excluding hydrogens is 375 g/mol. The van der Waals surface area contributed by atoms with Crippen LogP contribution in [0.4, 0.5) is 4.39 Å². The number of methoxy groups -OCH3 is 1. The van der Waals surface area contributed by atoms with Gasteiger partial charge in [0.2, 0.25) is 0 Å². The second-order valence-electron chi connectivity index (χ2n) is 5.18. The monoisotopic (exact) mass is 388 g/mol. The first kappa shape index (κ1) is 16.4. The summed E-state index contributed by atoms with van der Waals surface area (Å²) in [4.78, 5) is 16.6. The van der Waals surface area contributed by atoms with Gasteiger partial charge in [-0.1, -0.05) is 24.8 Å². The number of nitrogens with zero attached hydrogens (tertiary/aromatic N) is 2. The van der Waals surface area contributed by atoms with Crippen LogP contribution in [0, 0.1) is 5.82 Å². The van der Waals surface area contributed by atoms with Gasteiger partial charge in [-0.05, 0) is 45.8 Å². The molecule has 0 N–H and O–H groups in total. The Morgan fingerprint density at radius 2 is 2.00 bits per heavy atom. The molecule has 24 heavy (non-hydrogen) atoms. The molecule has 1 heterocycles. The van der Waals surface area contributed by atoms with Crippen molar-refractivity contribution in [2.75, 3.05) is 7.11 Å². The lowest BCUT2D eigenvalue weighted by atomic mass is 10.1. The van der Waals surface area contributed by atoms with Crippen molar-refractivity contribution in [3.8, 4) is 5.75 Å². The van der Waals surface area contributed by atoms with Crippen molar-refractivity contribution in [1.82, 2.24) is 9.55 Å². The summed E-state index contributed by atoms with van der Waals surface area (Å²) in [6, 6.07) is 10.5. The largest absolute Gasteiger partial charge is 0.497 e. The highest BCUT2D eigenvalue weighted by atomic mass is 79.9. The quantitative estimate of drug-likeness (QED) is 0.678. The zero-order valence-corrected chi connectivity index (χ0v) is 14.5. The Morgan fingerprint density at radius 3 is 2.62 bits per heavy atom. The van der Waals surface area contributed by atoms with Gasteiger partial charge in [0.25, 0.3) is 5.56 Å². The maximum atomic E-state index is 14.8. The number of rotatable bonds is 4.